The third kappa shape index (κ3) is 6.41. The van der Waals surface area contributed by atoms with Gasteiger partial charge in [-0.05, 0) is 95.1 Å². The molecule has 4 aromatic heterocycles. The average Bonchev–Trinajstić information content (AvgIpc) is 4.09. The van der Waals surface area contributed by atoms with E-state index < -0.39 is 0 Å². The molecule has 0 spiro atoms. The first-order valence-corrected chi connectivity index (χ1v) is 24.1. The first-order valence-electron chi connectivity index (χ1n) is 23.3. The molecule has 69 heavy (non-hydrogen) atoms. The van der Waals surface area contributed by atoms with Gasteiger partial charge in [0.2, 0.25) is 0 Å². The maximum Gasteiger partial charge on any atom is 0.164 e. The summed E-state index contributed by atoms with van der Waals surface area (Å²) in [5.74, 6) is 1.89. The summed E-state index contributed by atoms with van der Waals surface area (Å²) in [5, 5.41) is 7.14. The normalized spacial score (nSPS) is 11.8. The lowest BCUT2D eigenvalue weighted by atomic mass is 9.99. The maximum absolute atomic E-state index is 5.31. The lowest BCUT2D eigenvalue weighted by Gasteiger charge is -2.15. The SMILES string of the molecule is c1ccc(-c2cccc(-n3c4ccccc4c4cccc(-n5c6ccccc6c6cc(-c7nc(-c8ccccc8)nc(-c8ccc9sc%10cccc(-c%11ccccc%11)c%10c9c8)n7)ccc65)c43)c2)cc1. The van der Waals surface area contributed by atoms with Gasteiger partial charge in [-0.2, -0.15) is 0 Å². The largest absolute Gasteiger partial charge is 0.307 e. The lowest BCUT2D eigenvalue weighted by molar-refractivity contribution is 1.07. The molecule has 0 unspecified atom stereocenters. The van der Waals surface area contributed by atoms with Gasteiger partial charge < -0.3 is 9.13 Å². The third-order valence-electron chi connectivity index (χ3n) is 13.6. The van der Waals surface area contributed by atoms with Crippen LogP contribution in [0.2, 0.25) is 0 Å². The molecule has 0 aliphatic carbocycles. The molecule has 6 heteroatoms. The summed E-state index contributed by atoms with van der Waals surface area (Å²) in [5.41, 5.74) is 14.3. The van der Waals surface area contributed by atoms with Crippen LogP contribution < -0.4 is 0 Å². The van der Waals surface area contributed by atoms with Gasteiger partial charge in [-0.25, -0.2) is 15.0 Å². The van der Waals surface area contributed by atoms with Crippen molar-refractivity contribution in [1.82, 2.24) is 24.1 Å². The summed E-state index contributed by atoms with van der Waals surface area (Å²) < 4.78 is 7.36. The van der Waals surface area contributed by atoms with Crippen LogP contribution in [0.3, 0.4) is 0 Å². The average molecular weight is 898 g/mol. The quantitative estimate of drug-likeness (QED) is 0.160. The smallest absolute Gasteiger partial charge is 0.164 e. The number of benzene rings is 10. The van der Waals surface area contributed by atoms with Crippen LogP contribution in [0.1, 0.15) is 0 Å². The van der Waals surface area contributed by atoms with Crippen molar-refractivity contribution in [3.8, 4) is 67.8 Å². The van der Waals surface area contributed by atoms with Gasteiger partial charge in [-0.3, -0.25) is 0 Å². The summed E-state index contributed by atoms with van der Waals surface area (Å²) in [4.78, 5) is 15.7. The number of para-hydroxylation sites is 3. The molecule has 0 amide bonds. The van der Waals surface area contributed by atoms with Crippen LogP contribution in [0.15, 0.2) is 237 Å². The van der Waals surface area contributed by atoms with Crippen molar-refractivity contribution in [3.05, 3.63) is 237 Å². The van der Waals surface area contributed by atoms with E-state index in [2.05, 4.69) is 228 Å². The van der Waals surface area contributed by atoms with Crippen LogP contribution in [0.25, 0.3) is 132 Å². The Balaban J connectivity index is 0.963. The number of fused-ring (bicyclic) bond motifs is 9. The summed E-state index contributed by atoms with van der Waals surface area (Å²) in [6, 6.07) is 84.6. The highest BCUT2D eigenvalue weighted by molar-refractivity contribution is 7.26. The topological polar surface area (TPSA) is 48.5 Å². The Morgan fingerprint density at radius 2 is 0.841 bits per heavy atom. The highest BCUT2D eigenvalue weighted by Crippen LogP contribution is 2.43. The van der Waals surface area contributed by atoms with Gasteiger partial charge in [0.15, 0.2) is 17.5 Å². The molecule has 4 heterocycles. The molecule has 14 aromatic rings. The Bertz CT molecular complexity index is 4300. The van der Waals surface area contributed by atoms with E-state index in [1.807, 2.05) is 29.5 Å². The zero-order valence-electron chi connectivity index (χ0n) is 37.2. The Kier molecular flexibility index (Phi) is 9.00. The third-order valence-corrected chi connectivity index (χ3v) is 14.7. The second-order valence-corrected chi connectivity index (χ2v) is 18.6. The molecule has 0 aliphatic rings. The van der Waals surface area contributed by atoms with E-state index in [9.17, 15) is 0 Å². The Morgan fingerprint density at radius 1 is 0.304 bits per heavy atom. The van der Waals surface area contributed by atoms with Crippen molar-refractivity contribution < 1.29 is 0 Å². The van der Waals surface area contributed by atoms with E-state index >= 15 is 0 Å². The Labute approximate surface area is 401 Å². The van der Waals surface area contributed by atoms with Crippen LogP contribution in [0.5, 0.6) is 0 Å². The zero-order chi connectivity index (χ0) is 45.4. The molecule has 0 saturated carbocycles. The number of aromatic nitrogens is 5. The van der Waals surface area contributed by atoms with Crippen molar-refractivity contribution in [2.75, 3.05) is 0 Å². The Morgan fingerprint density at radius 3 is 1.58 bits per heavy atom. The van der Waals surface area contributed by atoms with Gasteiger partial charge in [-0.1, -0.05) is 164 Å². The molecule has 14 rings (SSSR count). The highest BCUT2D eigenvalue weighted by atomic mass is 32.1. The summed E-state index contributed by atoms with van der Waals surface area (Å²) in [7, 11) is 0. The summed E-state index contributed by atoms with van der Waals surface area (Å²) >= 11 is 1.82. The standard InChI is InChI=1S/C63H39N5S/c1-4-17-40(18-5-1)43-23-14-24-46(37-43)67-53-29-12-10-25-48(53)50-28-15-31-56(60(50)67)68-54-30-13-11-26-49(54)51-38-44(33-35-55(51)68)62-64-61(42-21-8-3-9-22-42)65-63(66-62)45-34-36-57-52(39-45)59-47(27-16-32-58(59)69-57)41-19-6-2-7-20-41/h1-39H. The molecule has 0 N–H and O–H groups in total. The first kappa shape index (κ1) is 39.2. The molecule has 0 fully saturated rings. The van der Waals surface area contributed by atoms with Crippen LogP contribution in [0, 0.1) is 0 Å². The van der Waals surface area contributed by atoms with Crippen molar-refractivity contribution >= 4 is 75.1 Å². The number of hydrogen-bond acceptors (Lipinski definition) is 4. The fourth-order valence-corrected chi connectivity index (χ4v) is 11.6. The number of thiophene rings is 1. The zero-order valence-corrected chi connectivity index (χ0v) is 38.0. The van der Waals surface area contributed by atoms with E-state index in [4.69, 9.17) is 15.0 Å². The number of nitrogens with zero attached hydrogens (tertiary/aromatic N) is 5. The second kappa shape index (κ2) is 15.8. The van der Waals surface area contributed by atoms with Crippen LogP contribution in [-0.4, -0.2) is 24.1 Å². The van der Waals surface area contributed by atoms with Gasteiger partial charge in [0, 0.05) is 64.1 Å². The minimum atomic E-state index is 0.623. The fourth-order valence-electron chi connectivity index (χ4n) is 10.5. The fraction of sp³-hybridized carbons (Fsp3) is 0. The van der Waals surface area contributed by atoms with Gasteiger partial charge in [0.25, 0.3) is 0 Å². The van der Waals surface area contributed by atoms with Crippen molar-refractivity contribution in [2.45, 2.75) is 0 Å². The molecule has 10 aromatic carbocycles. The van der Waals surface area contributed by atoms with Crippen molar-refractivity contribution in [2.24, 2.45) is 0 Å². The van der Waals surface area contributed by atoms with E-state index in [0.29, 0.717) is 17.5 Å². The molecular formula is C63H39N5S. The van der Waals surface area contributed by atoms with Gasteiger partial charge in [0.05, 0.1) is 27.8 Å². The highest BCUT2D eigenvalue weighted by Gasteiger charge is 2.22. The predicted molar refractivity (Wildman–Crippen MR) is 289 cm³/mol. The van der Waals surface area contributed by atoms with Gasteiger partial charge >= 0.3 is 0 Å². The van der Waals surface area contributed by atoms with Crippen LogP contribution in [-0.2, 0) is 0 Å². The molecule has 0 saturated heterocycles. The molecule has 5 nitrogen and oxygen atoms in total. The Hall–Kier alpha value is -8.97. The number of rotatable bonds is 7. The number of hydrogen-bond donors (Lipinski definition) is 0. The maximum atomic E-state index is 5.31. The molecule has 0 radical (unpaired) electrons. The van der Waals surface area contributed by atoms with E-state index in [1.165, 1.54) is 53.2 Å². The van der Waals surface area contributed by atoms with Crippen molar-refractivity contribution in [3.63, 3.8) is 0 Å². The molecule has 0 aliphatic heterocycles. The lowest BCUT2D eigenvalue weighted by Crippen LogP contribution is -2.01. The van der Waals surface area contributed by atoms with E-state index in [0.717, 1.165) is 60.9 Å². The predicted octanol–water partition coefficient (Wildman–Crippen LogP) is 16.8. The monoisotopic (exact) mass is 897 g/mol. The van der Waals surface area contributed by atoms with E-state index in [-0.39, 0.29) is 0 Å². The molecular weight excluding hydrogens is 859 g/mol. The van der Waals surface area contributed by atoms with Gasteiger partial charge in [0.1, 0.15) is 0 Å². The van der Waals surface area contributed by atoms with Gasteiger partial charge in [-0.15, -0.1) is 11.3 Å². The van der Waals surface area contributed by atoms with Crippen molar-refractivity contribution in [1.29, 1.82) is 0 Å². The minimum absolute atomic E-state index is 0.623. The van der Waals surface area contributed by atoms with Crippen LogP contribution in [0.4, 0.5) is 0 Å². The van der Waals surface area contributed by atoms with Crippen LogP contribution >= 0.6 is 11.3 Å². The second-order valence-electron chi connectivity index (χ2n) is 17.6. The molecule has 0 atom stereocenters. The minimum Gasteiger partial charge on any atom is -0.307 e. The summed E-state index contributed by atoms with van der Waals surface area (Å²) in [6.07, 6.45) is 0. The molecule has 322 valence electrons. The summed E-state index contributed by atoms with van der Waals surface area (Å²) in [6.45, 7) is 0. The van der Waals surface area contributed by atoms with E-state index in [1.54, 1.807) is 0 Å². The first-order chi connectivity index (χ1) is 34.2. The molecule has 0 bridgehead atoms.